The second-order valence-electron chi connectivity index (χ2n) is 5.16. The zero-order valence-corrected chi connectivity index (χ0v) is 17.1. The first-order valence-electron chi connectivity index (χ1n) is 7.83. The average Bonchev–Trinajstić information content (AvgIpc) is 2.86. The van der Waals surface area contributed by atoms with Gasteiger partial charge in [-0.3, -0.25) is 4.79 Å². The van der Waals surface area contributed by atoms with Crippen LogP contribution in [0.25, 0.3) is 0 Å². The monoisotopic (exact) mass is 419 g/mol. The van der Waals surface area contributed by atoms with E-state index in [1.165, 1.54) is 17.3 Å². The van der Waals surface area contributed by atoms with Crippen LogP contribution >= 0.6 is 27.7 Å². The maximum atomic E-state index is 11.7. The molecule has 1 N–H and O–H groups in total. The van der Waals surface area contributed by atoms with Gasteiger partial charge < -0.3 is 10.2 Å². The zero-order chi connectivity index (χ0) is 19.0. The van der Waals surface area contributed by atoms with Crippen molar-refractivity contribution in [1.82, 2.24) is 10.2 Å². The van der Waals surface area contributed by atoms with E-state index < -0.39 is 0 Å². The van der Waals surface area contributed by atoms with E-state index >= 15 is 0 Å². The number of carbonyl (C=O) groups is 1. The van der Waals surface area contributed by atoms with Crippen molar-refractivity contribution in [1.29, 1.82) is 5.26 Å². The molecule has 0 atom stereocenters. The molecule has 2 rings (SSSR count). The Morgan fingerprint density at radius 2 is 1.92 bits per heavy atom. The summed E-state index contributed by atoms with van der Waals surface area (Å²) in [6, 6.07) is 10.2. The van der Waals surface area contributed by atoms with Gasteiger partial charge in [-0.1, -0.05) is 58.5 Å². The molecule has 6 heteroatoms. The van der Waals surface area contributed by atoms with Crippen molar-refractivity contribution in [3.8, 4) is 6.07 Å². The molecule has 0 spiro atoms. The quantitative estimate of drug-likeness (QED) is 0.568. The van der Waals surface area contributed by atoms with Gasteiger partial charge >= 0.3 is 0 Å². The lowest BCUT2D eigenvalue weighted by atomic mass is 10.2. The Bertz CT molecular complexity index is 711. The number of hydrogen-bond acceptors (Lipinski definition) is 4. The number of nitrogens with one attached hydrogen (secondary N) is 1. The highest BCUT2D eigenvalue weighted by atomic mass is 79.9. The molecule has 1 aliphatic heterocycles. The molecule has 0 unspecified atom stereocenters. The third kappa shape index (κ3) is 5.80. The fourth-order valence-corrected chi connectivity index (χ4v) is 3.32. The molecule has 1 aliphatic rings. The molecule has 0 radical (unpaired) electrons. The average molecular weight is 420 g/mol. The molecule has 1 aromatic carbocycles. The van der Waals surface area contributed by atoms with Gasteiger partial charge in [0.25, 0.3) is 5.91 Å². The minimum atomic E-state index is -0.349. The molecule has 25 heavy (non-hydrogen) atoms. The minimum absolute atomic E-state index is 0.124. The number of rotatable bonds is 3. The molecule has 1 amide bonds. The fourth-order valence-electron chi connectivity index (χ4n) is 2.00. The SMILES string of the molecule is C=C1S/C(=C(/C#N)C(=O)NCC)N(CC)C1=C.Cc1ccc(Br)cc1. The van der Waals surface area contributed by atoms with Gasteiger partial charge in [-0.2, -0.15) is 5.26 Å². The molecule has 1 heterocycles. The second-order valence-corrected chi connectivity index (χ2v) is 7.16. The lowest BCUT2D eigenvalue weighted by molar-refractivity contribution is -0.117. The summed E-state index contributed by atoms with van der Waals surface area (Å²) in [6.45, 7) is 14.7. The summed E-state index contributed by atoms with van der Waals surface area (Å²) in [7, 11) is 0. The Kier molecular flexibility index (Phi) is 8.53. The molecule has 0 aliphatic carbocycles. The van der Waals surface area contributed by atoms with Crippen molar-refractivity contribution in [3.05, 3.63) is 68.7 Å². The second kappa shape index (κ2) is 10.1. The van der Waals surface area contributed by atoms with Crippen LogP contribution in [0.15, 0.2) is 63.1 Å². The van der Waals surface area contributed by atoms with Crippen molar-refractivity contribution in [3.63, 3.8) is 0 Å². The number of nitrogens with zero attached hydrogens (tertiary/aromatic N) is 2. The Morgan fingerprint density at radius 3 is 2.36 bits per heavy atom. The van der Waals surface area contributed by atoms with Gasteiger partial charge in [-0.15, -0.1) is 0 Å². The number of thioether (sulfide) groups is 1. The highest BCUT2D eigenvalue weighted by Crippen LogP contribution is 2.43. The predicted octanol–water partition coefficient (Wildman–Crippen LogP) is 4.71. The van der Waals surface area contributed by atoms with Crippen LogP contribution in [-0.2, 0) is 4.79 Å². The molecular weight excluding hydrogens is 398 g/mol. The maximum Gasteiger partial charge on any atom is 0.264 e. The molecule has 1 fully saturated rings. The zero-order valence-electron chi connectivity index (χ0n) is 14.7. The van der Waals surface area contributed by atoms with Gasteiger partial charge in [0.15, 0.2) is 0 Å². The lowest BCUT2D eigenvalue weighted by Crippen LogP contribution is -2.27. The topological polar surface area (TPSA) is 56.1 Å². The van der Waals surface area contributed by atoms with Crippen LogP contribution in [0.1, 0.15) is 19.4 Å². The van der Waals surface area contributed by atoms with E-state index in [0.29, 0.717) is 18.1 Å². The normalized spacial score (nSPS) is 15.2. The predicted molar refractivity (Wildman–Crippen MR) is 108 cm³/mol. The van der Waals surface area contributed by atoms with Crippen LogP contribution in [0.5, 0.6) is 0 Å². The third-order valence-electron chi connectivity index (χ3n) is 3.33. The van der Waals surface area contributed by atoms with E-state index in [4.69, 9.17) is 5.26 Å². The van der Waals surface area contributed by atoms with Gasteiger partial charge in [-0.05, 0) is 32.9 Å². The van der Waals surface area contributed by atoms with Gasteiger partial charge in [0.2, 0.25) is 0 Å². The number of aryl methyl sites for hydroxylation is 1. The standard InChI is InChI=1S/C12H15N3OS.C7H7Br/c1-5-14-11(16)10(7-13)12-15(6-2)8(3)9(4)17-12;1-6-2-4-7(8)5-3-6/h3-6H2,1-2H3,(H,14,16);2-5H,1H3/b12-10-;. The van der Waals surface area contributed by atoms with Crippen LogP contribution in [0.4, 0.5) is 0 Å². The van der Waals surface area contributed by atoms with E-state index in [2.05, 4.69) is 53.5 Å². The number of likely N-dealkylation sites (N-methyl/N-ethyl adjacent to an activating group) is 2. The summed E-state index contributed by atoms with van der Waals surface area (Å²) in [5.74, 6) is -0.349. The molecule has 1 aromatic rings. The van der Waals surface area contributed by atoms with E-state index in [1.807, 2.05) is 36.9 Å². The summed E-state index contributed by atoms with van der Waals surface area (Å²) in [4.78, 5) is 14.4. The molecule has 4 nitrogen and oxygen atoms in total. The largest absolute Gasteiger partial charge is 0.352 e. The van der Waals surface area contributed by atoms with E-state index in [-0.39, 0.29) is 11.5 Å². The summed E-state index contributed by atoms with van der Waals surface area (Å²) >= 11 is 4.67. The van der Waals surface area contributed by atoms with Crippen molar-refractivity contribution in [2.24, 2.45) is 0 Å². The number of nitriles is 1. The maximum absolute atomic E-state index is 11.7. The first-order valence-corrected chi connectivity index (χ1v) is 9.44. The Hall–Kier alpha value is -1.97. The number of halogens is 1. The summed E-state index contributed by atoms with van der Waals surface area (Å²) in [5, 5.41) is 12.4. The Labute approximate surface area is 162 Å². The Balaban J connectivity index is 0.000000324. The van der Waals surface area contributed by atoms with E-state index in [9.17, 15) is 4.79 Å². The van der Waals surface area contributed by atoms with Crippen molar-refractivity contribution in [2.45, 2.75) is 20.8 Å². The van der Waals surface area contributed by atoms with Gasteiger partial charge in [0.1, 0.15) is 16.7 Å². The van der Waals surface area contributed by atoms with Crippen LogP contribution in [0, 0.1) is 18.3 Å². The van der Waals surface area contributed by atoms with Gasteiger partial charge in [0, 0.05) is 28.2 Å². The first kappa shape index (κ1) is 21.1. The van der Waals surface area contributed by atoms with Crippen LogP contribution in [0.2, 0.25) is 0 Å². The highest BCUT2D eigenvalue weighted by Gasteiger charge is 2.29. The minimum Gasteiger partial charge on any atom is -0.352 e. The summed E-state index contributed by atoms with van der Waals surface area (Å²) in [6.07, 6.45) is 0. The molecule has 0 bridgehead atoms. The van der Waals surface area contributed by atoms with E-state index in [0.717, 1.165) is 15.1 Å². The number of amides is 1. The van der Waals surface area contributed by atoms with Gasteiger partial charge in [-0.25, -0.2) is 0 Å². The van der Waals surface area contributed by atoms with E-state index in [1.54, 1.807) is 0 Å². The smallest absolute Gasteiger partial charge is 0.264 e. The van der Waals surface area contributed by atoms with Crippen LogP contribution < -0.4 is 5.32 Å². The Morgan fingerprint density at radius 1 is 1.32 bits per heavy atom. The summed E-state index contributed by atoms with van der Waals surface area (Å²) < 4.78 is 1.14. The summed E-state index contributed by atoms with van der Waals surface area (Å²) in [5.41, 5.74) is 2.18. The van der Waals surface area contributed by atoms with Crippen molar-refractivity contribution in [2.75, 3.05) is 13.1 Å². The molecule has 132 valence electrons. The first-order chi connectivity index (χ1) is 11.8. The highest BCUT2D eigenvalue weighted by molar-refractivity contribution is 9.10. The molecular formula is C19H22BrN3OS. The lowest BCUT2D eigenvalue weighted by Gasteiger charge is -2.18. The number of carbonyl (C=O) groups excluding carboxylic acids is 1. The van der Waals surface area contributed by atoms with Gasteiger partial charge in [0.05, 0.1) is 0 Å². The van der Waals surface area contributed by atoms with Crippen LogP contribution in [-0.4, -0.2) is 23.9 Å². The van der Waals surface area contributed by atoms with Crippen LogP contribution in [0.3, 0.4) is 0 Å². The fraction of sp³-hybridized carbons (Fsp3) is 0.263. The third-order valence-corrected chi connectivity index (χ3v) is 4.96. The van der Waals surface area contributed by atoms with Crippen molar-refractivity contribution >= 4 is 33.6 Å². The number of benzene rings is 1. The van der Waals surface area contributed by atoms with Crippen molar-refractivity contribution < 1.29 is 4.79 Å². The molecule has 0 aromatic heterocycles. The molecule has 1 saturated heterocycles. The molecule has 0 saturated carbocycles. The number of hydrogen-bond donors (Lipinski definition) is 1.